The van der Waals surface area contributed by atoms with Gasteiger partial charge in [-0.1, -0.05) is 13.3 Å². The molecule has 128 valence electrons. The van der Waals surface area contributed by atoms with Crippen molar-refractivity contribution in [3.8, 4) is 5.75 Å². The number of amides is 1. The highest BCUT2D eigenvalue weighted by molar-refractivity contribution is 5.94. The van der Waals surface area contributed by atoms with Crippen LogP contribution < -0.4 is 4.74 Å². The first kappa shape index (κ1) is 19.0. The molecule has 5 heteroatoms. The van der Waals surface area contributed by atoms with Crippen molar-refractivity contribution in [2.24, 2.45) is 0 Å². The van der Waals surface area contributed by atoms with E-state index in [1.54, 1.807) is 29.2 Å². The van der Waals surface area contributed by atoms with E-state index < -0.39 is 0 Å². The van der Waals surface area contributed by atoms with Crippen LogP contribution in [0.5, 0.6) is 5.75 Å². The van der Waals surface area contributed by atoms with Gasteiger partial charge < -0.3 is 14.4 Å². The molecule has 0 aliphatic carbocycles. The molecule has 1 rings (SSSR count). The van der Waals surface area contributed by atoms with Gasteiger partial charge >= 0.3 is 5.97 Å². The SMILES string of the molecule is CCCCN(CCC(=O)OC)C(=O)c1ccc(OC(C)C)cc1. The van der Waals surface area contributed by atoms with Crippen LogP contribution in [0.25, 0.3) is 0 Å². The molecular formula is C18H27NO4. The number of carbonyl (C=O) groups excluding carboxylic acids is 2. The summed E-state index contributed by atoms with van der Waals surface area (Å²) in [5.41, 5.74) is 0.599. The second kappa shape index (κ2) is 9.87. The van der Waals surface area contributed by atoms with Crippen LogP contribution in [-0.4, -0.2) is 43.1 Å². The van der Waals surface area contributed by atoms with Gasteiger partial charge in [-0.2, -0.15) is 0 Å². The van der Waals surface area contributed by atoms with Crippen molar-refractivity contribution in [1.29, 1.82) is 0 Å². The second-order valence-electron chi connectivity index (χ2n) is 5.66. The summed E-state index contributed by atoms with van der Waals surface area (Å²) in [4.78, 5) is 25.6. The molecule has 1 amide bonds. The van der Waals surface area contributed by atoms with E-state index >= 15 is 0 Å². The lowest BCUT2D eigenvalue weighted by molar-refractivity contribution is -0.140. The molecule has 0 fully saturated rings. The molecule has 5 nitrogen and oxygen atoms in total. The Labute approximate surface area is 138 Å². The van der Waals surface area contributed by atoms with E-state index in [9.17, 15) is 9.59 Å². The van der Waals surface area contributed by atoms with Crippen LogP contribution in [0.3, 0.4) is 0 Å². The summed E-state index contributed by atoms with van der Waals surface area (Å²) in [5.74, 6) is 0.365. The summed E-state index contributed by atoms with van der Waals surface area (Å²) in [7, 11) is 1.36. The highest BCUT2D eigenvalue weighted by Gasteiger charge is 2.17. The van der Waals surface area contributed by atoms with Crippen LogP contribution in [0.4, 0.5) is 0 Å². The van der Waals surface area contributed by atoms with Crippen molar-refractivity contribution in [1.82, 2.24) is 4.90 Å². The number of nitrogens with zero attached hydrogens (tertiary/aromatic N) is 1. The predicted molar refractivity (Wildman–Crippen MR) is 89.7 cm³/mol. The van der Waals surface area contributed by atoms with Gasteiger partial charge in [0.25, 0.3) is 5.91 Å². The van der Waals surface area contributed by atoms with Gasteiger partial charge in [-0.05, 0) is 44.5 Å². The fourth-order valence-electron chi connectivity index (χ4n) is 2.12. The van der Waals surface area contributed by atoms with E-state index in [1.165, 1.54) is 7.11 Å². The first-order valence-corrected chi connectivity index (χ1v) is 8.10. The Morgan fingerprint density at radius 2 is 1.78 bits per heavy atom. The number of carbonyl (C=O) groups is 2. The van der Waals surface area contributed by atoms with Gasteiger partial charge in [-0.3, -0.25) is 9.59 Å². The number of unbranched alkanes of at least 4 members (excludes halogenated alkanes) is 1. The van der Waals surface area contributed by atoms with Gasteiger partial charge in [0.2, 0.25) is 0 Å². The molecule has 1 aromatic carbocycles. The lowest BCUT2D eigenvalue weighted by atomic mass is 10.1. The van der Waals surface area contributed by atoms with Crippen molar-refractivity contribution in [2.75, 3.05) is 20.2 Å². The Hall–Kier alpha value is -2.04. The zero-order chi connectivity index (χ0) is 17.2. The molecule has 0 spiro atoms. The van der Waals surface area contributed by atoms with Crippen LogP contribution in [0.15, 0.2) is 24.3 Å². The monoisotopic (exact) mass is 321 g/mol. The third-order valence-corrected chi connectivity index (χ3v) is 3.36. The van der Waals surface area contributed by atoms with E-state index in [0.29, 0.717) is 18.7 Å². The number of ether oxygens (including phenoxy) is 2. The number of esters is 1. The Bertz CT molecular complexity index is 496. The average molecular weight is 321 g/mol. The molecule has 23 heavy (non-hydrogen) atoms. The minimum absolute atomic E-state index is 0.0709. The fraction of sp³-hybridized carbons (Fsp3) is 0.556. The molecule has 0 saturated carbocycles. The van der Waals surface area contributed by atoms with Crippen molar-refractivity contribution < 1.29 is 19.1 Å². The largest absolute Gasteiger partial charge is 0.491 e. The van der Waals surface area contributed by atoms with E-state index in [0.717, 1.165) is 18.6 Å². The highest BCUT2D eigenvalue weighted by Crippen LogP contribution is 2.15. The summed E-state index contributed by atoms with van der Waals surface area (Å²) >= 11 is 0. The minimum atomic E-state index is -0.306. The quantitative estimate of drug-likeness (QED) is 0.655. The van der Waals surface area contributed by atoms with Crippen LogP contribution in [0.2, 0.25) is 0 Å². The highest BCUT2D eigenvalue weighted by atomic mass is 16.5. The normalized spacial score (nSPS) is 10.5. The van der Waals surface area contributed by atoms with E-state index in [1.807, 2.05) is 13.8 Å². The molecule has 0 N–H and O–H groups in total. The Morgan fingerprint density at radius 1 is 1.13 bits per heavy atom. The Balaban J connectivity index is 2.75. The average Bonchev–Trinajstić information content (AvgIpc) is 2.54. The lowest BCUT2D eigenvalue weighted by Gasteiger charge is -2.22. The van der Waals surface area contributed by atoms with Crippen LogP contribution in [0.1, 0.15) is 50.4 Å². The lowest BCUT2D eigenvalue weighted by Crippen LogP contribution is -2.34. The number of hydrogen-bond donors (Lipinski definition) is 0. The maximum Gasteiger partial charge on any atom is 0.307 e. The molecule has 0 bridgehead atoms. The molecule has 0 aliphatic heterocycles. The smallest absolute Gasteiger partial charge is 0.307 e. The van der Waals surface area contributed by atoms with Gasteiger partial charge in [0.1, 0.15) is 5.75 Å². The molecule has 0 aliphatic rings. The molecule has 1 aromatic rings. The van der Waals surface area contributed by atoms with Crippen molar-refractivity contribution in [3.63, 3.8) is 0 Å². The fourth-order valence-corrected chi connectivity index (χ4v) is 2.12. The molecular weight excluding hydrogens is 294 g/mol. The Kier molecular flexibility index (Phi) is 8.16. The molecule has 0 aromatic heterocycles. The molecule has 0 saturated heterocycles. The first-order chi connectivity index (χ1) is 11.0. The maximum atomic E-state index is 12.6. The van der Waals surface area contributed by atoms with E-state index in [-0.39, 0.29) is 24.4 Å². The summed E-state index contributed by atoms with van der Waals surface area (Å²) < 4.78 is 10.2. The molecule has 0 atom stereocenters. The predicted octanol–water partition coefficient (Wildman–Crippen LogP) is 3.28. The van der Waals surface area contributed by atoms with E-state index in [2.05, 4.69) is 11.7 Å². The maximum absolute atomic E-state index is 12.6. The van der Waals surface area contributed by atoms with E-state index in [4.69, 9.17) is 4.74 Å². The zero-order valence-corrected chi connectivity index (χ0v) is 14.5. The molecule has 0 heterocycles. The summed E-state index contributed by atoms with van der Waals surface area (Å²) in [6.45, 7) is 6.99. The van der Waals surface area contributed by atoms with Gasteiger partial charge in [0.15, 0.2) is 0 Å². The van der Waals surface area contributed by atoms with Crippen LogP contribution in [0, 0.1) is 0 Å². The van der Waals surface area contributed by atoms with Gasteiger partial charge in [0.05, 0.1) is 19.6 Å². The van der Waals surface area contributed by atoms with Crippen LogP contribution in [-0.2, 0) is 9.53 Å². The molecule has 0 unspecified atom stereocenters. The third kappa shape index (κ3) is 6.72. The topological polar surface area (TPSA) is 55.8 Å². The number of rotatable bonds is 9. The molecule has 0 radical (unpaired) electrons. The number of benzene rings is 1. The zero-order valence-electron chi connectivity index (χ0n) is 14.5. The Morgan fingerprint density at radius 3 is 2.30 bits per heavy atom. The number of methoxy groups -OCH3 is 1. The summed E-state index contributed by atoms with van der Waals surface area (Å²) in [5, 5.41) is 0. The van der Waals surface area contributed by atoms with Crippen molar-refractivity contribution in [2.45, 2.75) is 46.1 Å². The third-order valence-electron chi connectivity index (χ3n) is 3.36. The van der Waals surface area contributed by atoms with Gasteiger partial charge in [-0.25, -0.2) is 0 Å². The van der Waals surface area contributed by atoms with Gasteiger partial charge in [-0.15, -0.1) is 0 Å². The van der Waals surface area contributed by atoms with Crippen LogP contribution >= 0.6 is 0 Å². The summed E-state index contributed by atoms with van der Waals surface area (Å²) in [6.07, 6.45) is 2.20. The van der Waals surface area contributed by atoms with Crippen molar-refractivity contribution in [3.05, 3.63) is 29.8 Å². The summed E-state index contributed by atoms with van der Waals surface area (Å²) in [6, 6.07) is 7.12. The van der Waals surface area contributed by atoms with Crippen molar-refractivity contribution >= 4 is 11.9 Å². The standard InChI is InChI=1S/C18H27NO4/c1-5-6-12-19(13-11-17(20)22-4)18(21)15-7-9-16(10-8-15)23-14(2)3/h7-10,14H,5-6,11-13H2,1-4H3. The second-order valence-corrected chi connectivity index (χ2v) is 5.66. The first-order valence-electron chi connectivity index (χ1n) is 8.10. The number of hydrogen-bond acceptors (Lipinski definition) is 4. The minimum Gasteiger partial charge on any atom is -0.491 e. The van der Waals surface area contributed by atoms with Gasteiger partial charge in [0, 0.05) is 18.7 Å².